The molecule has 0 unspecified atom stereocenters. The van der Waals surface area contributed by atoms with E-state index >= 15 is 0 Å². The molecule has 3 nitrogen and oxygen atoms in total. The summed E-state index contributed by atoms with van der Waals surface area (Å²) in [6.45, 7) is 12.2. The van der Waals surface area contributed by atoms with Crippen LogP contribution in [-0.4, -0.2) is 42.0 Å². The summed E-state index contributed by atoms with van der Waals surface area (Å²) in [6, 6.07) is 1.25. The van der Waals surface area contributed by atoms with Gasteiger partial charge in [0.15, 0.2) is 0 Å². The van der Waals surface area contributed by atoms with Gasteiger partial charge in [-0.2, -0.15) is 0 Å². The van der Waals surface area contributed by atoms with E-state index in [0.717, 1.165) is 19.6 Å². The van der Waals surface area contributed by atoms with Crippen LogP contribution < -0.4 is 0 Å². The van der Waals surface area contributed by atoms with E-state index in [-0.39, 0.29) is 0 Å². The van der Waals surface area contributed by atoms with Gasteiger partial charge in [-0.1, -0.05) is 43.6 Å². The number of rotatable bonds is 6. The second-order valence-electron chi connectivity index (χ2n) is 5.09. The molecule has 0 bridgehead atoms. The van der Waals surface area contributed by atoms with Gasteiger partial charge in [-0.25, -0.2) is 0 Å². The van der Waals surface area contributed by atoms with E-state index in [9.17, 15) is 0 Å². The van der Waals surface area contributed by atoms with Crippen molar-refractivity contribution in [1.29, 1.82) is 0 Å². The Morgan fingerprint density at radius 1 is 1.35 bits per heavy atom. The molecule has 17 heavy (non-hydrogen) atoms. The third kappa shape index (κ3) is 6.88. The van der Waals surface area contributed by atoms with Gasteiger partial charge in [0.1, 0.15) is 0 Å². The number of aliphatic imine (C=N–C) groups is 1. The first-order valence-corrected chi connectivity index (χ1v) is 17.8. The second-order valence-corrected chi connectivity index (χ2v) is 26.0. The fourth-order valence-corrected chi connectivity index (χ4v) is 21.5. The Bertz CT molecular complexity index is 293. The fraction of sp³-hybridized carbons (Fsp3) is 0.900. The molecule has 0 aliphatic carbocycles. The minimum absolute atomic E-state index is 0.981. The van der Waals surface area contributed by atoms with Gasteiger partial charge < -0.3 is 9.02 Å². The van der Waals surface area contributed by atoms with Gasteiger partial charge in [-0.3, -0.25) is 4.99 Å². The van der Waals surface area contributed by atoms with Crippen LogP contribution in [0.5, 0.6) is 0 Å². The predicted molar refractivity (Wildman–Crippen MR) is 97.2 cm³/mol. The standard InChI is InChI=1S/C10H22I2N2OSi2/c1-10-13-6-8-14(10)7-5-9-17(4,12)15-16(2,3)11/h5-9H2,1-4H3/t17-/m1/s1. The van der Waals surface area contributed by atoms with Gasteiger partial charge in [0.2, 0.25) is 11.6 Å². The van der Waals surface area contributed by atoms with Crippen LogP contribution in [0.15, 0.2) is 4.99 Å². The smallest absolute Gasteiger partial charge is 0.245 e. The maximum Gasteiger partial charge on any atom is 0.245 e. The average molecular weight is 496 g/mol. The molecule has 0 saturated heterocycles. The van der Waals surface area contributed by atoms with Crippen molar-refractivity contribution in [2.24, 2.45) is 4.99 Å². The summed E-state index contributed by atoms with van der Waals surface area (Å²) in [6.07, 6.45) is 1.24. The average Bonchev–Trinajstić information content (AvgIpc) is 2.47. The van der Waals surface area contributed by atoms with Crippen LogP contribution in [0.1, 0.15) is 13.3 Å². The molecule has 1 rings (SSSR count). The second kappa shape index (κ2) is 6.66. The van der Waals surface area contributed by atoms with Gasteiger partial charge in [0.25, 0.3) is 0 Å². The highest BCUT2D eigenvalue weighted by Gasteiger charge is 2.32. The van der Waals surface area contributed by atoms with Gasteiger partial charge in [-0.05, 0) is 39.0 Å². The summed E-state index contributed by atoms with van der Waals surface area (Å²) >= 11 is 5.10. The van der Waals surface area contributed by atoms with Crippen LogP contribution in [0, 0.1) is 0 Å². The van der Waals surface area contributed by atoms with Crippen LogP contribution in [0.3, 0.4) is 0 Å². The fourth-order valence-electron chi connectivity index (χ4n) is 2.01. The maximum absolute atomic E-state index is 6.32. The normalized spacial score (nSPS) is 20.4. The molecule has 1 atom stereocenters. The first-order chi connectivity index (χ1) is 7.70. The van der Waals surface area contributed by atoms with Gasteiger partial charge in [0.05, 0.1) is 12.4 Å². The zero-order valence-corrected chi connectivity index (χ0v) is 17.4. The lowest BCUT2D eigenvalue weighted by molar-refractivity contribution is 0.448. The summed E-state index contributed by atoms with van der Waals surface area (Å²) < 4.78 is 6.32. The van der Waals surface area contributed by atoms with E-state index in [1.54, 1.807) is 0 Å². The first-order valence-electron chi connectivity index (χ1n) is 6.04. The molecule has 0 aromatic carbocycles. The van der Waals surface area contributed by atoms with E-state index in [1.807, 2.05) is 0 Å². The Kier molecular flexibility index (Phi) is 6.42. The van der Waals surface area contributed by atoms with Crippen LogP contribution in [0.2, 0.25) is 25.7 Å². The Balaban J connectivity index is 2.28. The Labute approximate surface area is 132 Å². The minimum Gasteiger partial charge on any atom is -0.441 e. The summed E-state index contributed by atoms with van der Waals surface area (Å²) in [4.78, 5) is 6.82. The summed E-state index contributed by atoms with van der Waals surface area (Å²) in [7, 11) is 0. The highest BCUT2D eigenvalue weighted by atomic mass is 127. The summed E-state index contributed by atoms with van der Waals surface area (Å²) in [5.41, 5.74) is 0. The van der Waals surface area contributed by atoms with Crippen molar-refractivity contribution in [3.63, 3.8) is 0 Å². The van der Waals surface area contributed by atoms with E-state index in [1.165, 1.54) is 18.3 Å². The molecule has 7 heteroatoms. The summed E-state index contributed by atoms with van der Waals surface area (Å²) in [5.74, 6) is -1.66. The molecule has 0 fully saturated rings. The third-order valence-electron chi connectivity index (χ3n) is 2.68. The van der Waals surface area contributed by atoms with E-state index in [4.69, 9.17) is 4.12 Å². The zero-order valence-electron chi connectivity index (χ0n) is 11.1. The number of hydrogen-bond acceptors (Lipinski definition) is 3. The monoisotopic (exact) mass is 496 g/mol. The van der Waals surface area contributed by atoms with E-state index < -0.39 is 11.6 Å². The molecule has 0 saturated carbocycles. The van der Waals surface area contributed by atoms with Crippen LogP contribution in [-0.2, 0) is 4.12 Å². The molecule has 0 aromatic rings. The van der Waals surface area contributed by atoms with Gasteiger partial charge in [0, 0.05) is 13.1 Å². The lowest BCUT2D eigenvalue weighted by Gasteiger charge is -2.29. The summed E-state index contributed by atoms with van der Waals surface area (Å²) in [5, 5.41) is 0. The minimum atomic E-state index is -1.47. The first kappa shape index (κ1) is 16.4. The molecule has 1 aliphatic heterocycles. The zero-order chi connectivity index (χ0) is 13.1. The molecular formula is C10H22I2N2OSi2. The van der Waals surface area contributed by atoms with Gasteiger partial charge >= 0.3 is 0 Å². The highest BCUT2D eigenvalue weighted by Crippen LogP contribution is 2.29. The number of halogens is 2. The van der Waals surface area contributed by atoms with Crippen LogP contribution in [0.25, 0.3) is 0 Å². The van der Waals surface area contributed by atoms with Crippen molar-refractivity contribution in [2.45, 2.75) is 39.0 Å². The Morgan fingerprint density at radius 3 is 2.47 bits per heavy atom. The lowest BCUT2D eigenvalue weighted by atomic mass is 10.4. The third-order valence-corrected chi connectivity index (χ3v) is 13.1. The quantitative estimate of drug-likeness (QED) is 0.318. The van der Waals surface area contributed by atoms with Crippen molar-refractivity contribution < 1.29 is 4.12 Å². The van der Waals surface area contributed by atoms with Crippen molar-refractivity contribution in [2.75, 3.05) is 19.6 Å². The Hall–Kier alpha value is 1.32. The van der Waals surface area contributed by atoms with Crippen molar-refractivity contribution in [1.82, 2.24) is 4.90 Å². The van der Waals surface area contributed by atoms with Crippen LogP contribution in [0.4, 0.5) is 0 Å². The highest BCUT2D eigenvalue weighted by molar-refractivity contribution is 14.1. The SMILES string of the molecule is CC1=NCCN1CCC[Si@](C)(I)O[Si](C)(C)I. The van der Waals surface area contributed by atoms with Crippen molar-refractivity contribution >= 4 is 61.1 Å². The van der Waals surface area contributed by atoms with E-state index in [2.05, 4.69) is 80.1 Å². The van der Waals surface area contributed by atoms with E-state index in [0.29, 0.717) is 0 Å². The van der Waals surface area contributed by atoms with Crippen molar-refractivity contribution in [3.05, 3.63) is 0 Å². The van der Waals surface area contributed by atoms with Crippen LogP contribution >= 0.6 is 43.6 Å². The molecular weight excluding hydrogens is 474 g/mol. The molecule has 1 heterocycles. The lowest BCUT2D eigenvalue weighted by Crippen LogP contribution is -2.38. The van der Waals surface area contributed by atoms with Gasteiger partial charge in [-0.15, -0.1) is 0 Å². The maximum atomic E-state index is 6.32. The largest absolute Gasteiger partial charge is 0.441 e. The van der Waals surface area contributed by atoms with Crippen molar-refractivity contribution in [3.8, 4) is 0 Å². The Morgan fingerprint density at radius 2 is 2.00 bits per heavy atom. The molecule has 0 spiro atoms. The molecule has 0 radical (unpaired) electrons. The number of nitrogens with zero attached hydrogens (tertiary/aromatic N) is 2. The predicted octanol–water partition coefficient (Wildman–Crippen LogP) is 3.77. The number of hydrogen-bond donors (Lipinski definition) is 0. The topological polar surface area (TPSA) is 24.8 Å². The number of amidine groups is 1. The molecule has 100 valence electrons. The molecule has 0 N–H and O–H groups in total. The molecule has 1 aliphatic rings. The molecule has 0 amide bonds. The molecule has 0 aromatic heterocycles.